The molecule has 0 saturated carbocycles. The maximum absolute atomic E-state index is 14.3. The first kappa shape index (κ1) is 19.0. The fourth-order valence-electron chi connectivity index (χ4n) is 3.60. The van der Waals surface area contributed by atoms with Crippen LogP contribution in [0.15, 0.2) is 42.7 Å². The van der Waals surface area contributed by atoms with Crippen molar-refractivity contribution in [2.75, 3.05) is 25.5 Å². The van der Waals surface area contributed by atoms with Crippen molar-refractivity contribution >= 4 is 23.4 Å². The number of carbonyl (C=O) groups is 1. The lowest BCUT2D eigenvalue weighted by Crippen LogP contribution is -2.24. The molecule has 1 saturated heterocycles. The summed E-state index contributed by atoms with van der Waals surface area (Å²) >= 11 is 0. The third-order valence-electron chi connectivity index (χ3n) is 5.09. The van der Waals surface area contributed by atoms with E-state index >= 15 is 0 Å². The van der Waals surface area contributed by atoms with Crippen LogP contribution in [-0.2, 0) is 4.79 Å². The number of benzene rings is 1. The smallest absolute Gasteiger partial charge is 0.246 e. The van der Waals surface area contributed by atoms with Gasteiger partial charge in [-0.25, -0.2) is 18.3 Å². The lowest BCUT2D eigenvalue weighted by molar-refractivity contribution is -0.123. The first-order valence-electron chi connectivity index (χ1n) is 9.39. The van der Waals surface area contributed by atoms with Crippen molar-refractivity contribution in [3.05, 3.63) is 65.5 Å². The number of halogens is 2. The van der Waals surface area contributed by atoms with Gasteiger partial charge in [-0.2, -0.15) is 5.10 Å². The molecule has 1 aliphatic heterocycles. The van der Waals surface area contributed by atoms with Gasteiger partial charge in [-0.1, -0.05) is 0 Å². The van der Waals surface area contributed by atoms with Crippen molar-refractivity contribution in [3.8, 4) is 0 Å². The SMILES string of the molecule is CN(C)C(=O)/C=C/c1cnn2ccc(N3CCCC3c3cc(F)ccc3F)nc12. The Bertz CT molecular complexity index is 1090. The van der Waals surface area contributed by atoms with E-state index in [1.807, 2.05) is 11.0 Å². The number of hydrogen-bond donors (Lipinski definition) is 0. The molecule has 0 spiro atoms. The molecule has 150 valence electrons. The maximum atomic E-state index is 14.3. The summed E-state index contributed by atoms with van der Waals surface area (Å²) in [5.74, 6) is -0.343. The number of likely N-dealkylation sites (N-methyl/N-ethyl adjacent to an activating group) is 1. The third kappa shape index (κ3) is 3.70. The molecule has 0 radical (unpaired) electrons. The second-order valence-corrected chi connectivity index (χ2v) is 7.24. The van der Waals surface area contributed by atoms with Crippen molar-refractivity contribution in [3.63, 3.8) is 0 Å². The quantitative estimate of drug-likeness (QED) is 0.633. The van der Waals surface area contributed by atoms with Crippen molar-refractivity contribution in [1.29, 1.82) is 0 Å². The molecule has 29 heavy (non-hydrogen) atoms. The first-order valence-corrected chi connectivity index (χ1v) is 9.39. The molecule has 1 aromatic carbocycles. The van der Waals surface area contributed by atoms with Crippen LogP contribution in [0.5, 0.6) is 0 Å². The van der Waals surface area contributed by atoms with E-state index in [1.54, 1.807) is 37.1 Å². The van der Waals surface area contributed by atoms with Crippen molar-refractivity contribution in [2.45, 2.75) is 18.9 Å². The normalized spacial score (nSPS) is 16.8. The number of anilines is 1. The van der Waals surface area contributed by atoms with Crippen molar-refractivity contribution in [1.82, 2.24) is 19.5 Å². The Hall–Kier alpha value is -3.29. The number of amides is 1. The molecule has 3 heterocycles. The van der Waals surface area contributed by atoms with Gasteiger partial charge in [0.1, 0.15) is 17.5 Å². The highest BCUT2D eigenvalue weighted by Gasteiger charge is 2.29. The number of carbonyl (C=O) groups excluding carboxylic acids is 1. The lowest BCUT2D eigenvalue weighted by atomic mass is 10.0. The van der Waals surface area contributed by atoms with E-state index in [1.165, 1.54) is 23.1 Å². The fraction of sp³-hybridized carbons (Fsp3) is 0.286. The van der Waals surface area contributed by atoms with Crippen LogP contribution >= 0.6 is 0 Å². The molecule has 2 aromatic heterocycles. The number of fused-ring (bicyclic) bond motifs is 1. The van der Waals surface area contributed by atoms with Crippen LogP contribution in [-0.4, -0.2) is 46.0 Å². The molecule has 0 bridgehead atoms. The number of hydrogen-bond acceptors (Lipinski definition) is 4. The van der Waals surface area contributed by atoms with Gasteiger partial charge in [0, 0.05) is 44.0 Å². The molecule has 6 nitrogen and oxygen atoms in total. The Morgan fingerprint density at radius 3 is 2.90 bits per heavy atom. The molecule has 0 N–H and O–H groups in total. The summed E-state index contributed by atoms with van der Waals surface area (Å²) in [6.45, 7) is 0.697. The zero-order valence-electron chi connectivity index (χ0n) is 16.2. The Morgan fingerprint density at radius 2 is 2.10 bits per heavy atom. The molecule has 1 fully saturated rings. The van der Waals surface area contributed by atoms with Crippen LogP contribution in [0.3, 0.4) is 0 Å². The van der Waals surface area contributed by atoms with Crippen LogP contribution in [0.1, 0.15) is 30.0 Å². The second-order valence-electron chi connectivity index (χ2n) is 7.24. The topological polar surface area (TPSA) is 53.7 Å². The van der Waals surface area contributed by atoms with E-state index < -0.39 is 11.6 Å². The average molecular weight is 397 g/mol. The fourth-order valence-corrected chi connectivity index (χ4v) is 3.60. The molecular weight excluding hydrogens is 376 g/mol. The minimum atomic E-state index is -0.453. The second kappa shape index (κ2) is 7.62. The highest BCUT2D eigenvalue weighted by Crippen LogP contribution is 2.36. The predicted molar refractivity (Wildman–Crippen MR) is 106 cm³/mol. The standard InChI is InChI=1S/C21H21F2N5O/c1-26(2)20(29)8-5-14-13-24-28-11-9-19(25-21(14)28)27-10-3-4-18(27)16-12-15(22)6-7-17(16)23/h5-9,11-13,18H,3-4,10H2,1-2H3/b8-5+. The molecular formula is C21H21F2N5O. The van der Waals surface area contributed by atoms with Gasteiger partial charge in [-0.3, -0.25) is 4.79 Å². The van der Waals surface area contributed by atoms with Crippen LogP contribution in [0, 0.1) is 11.6 Å². The van der Waals surface area contributed by atoms with Gasteiger partial charge in [0.25, 0.3) is 0 Å². The zero-order valence-corrected chi connectivity index (χ0v) is 16.2. The van der Waals surface area contributed by atoms with Crippen molar-refractivity contribution < 1.29 is 13.6 Å². The number of rotatable bonds is 4. The van der Waals surface area contributed by atoms with E-state index in [9.17, 15) is 13.6 Å². The number of aromatic nitrogens is 3. The van der Waals surface area contributed by atoms with Gasteiger partial charge >= 0.3 is 0 Å². The largest absolute Gasteiger partial charge is 0.349 e. The summed E-state index contributed by atoms with van der Waals surface area (Å²) in [5.41, 5.74) is 1.64. The van der Waals surface area contributed by atoms with Crippen LogP contribution in [0.25, 0.3) is 11.7 Å². The summed E-state index contributed by atoms with van der Waals surface area (Å²) in [7, 11) is 3.36. The molecule has 8 heteroatoms. The van der Waals surface area contributed by atoms with E-state index in [0.717, 1.165) is 18.9 Å². The summed E-state index contributed by atoms with van der Waals surface area (Å²) in [6, 6.07) is 5.09. The maximum Gasteiger partial charge on any atom is 0.246 e. The van der Waals surface area contributed by atoms with Crippen LogP contribution in [0.2, 0.25) is 0 Å². The van der Waals surface area contributed by atoms with E-state index in [-0.39, 0.29) is 11.9 Å². The van der Waals surface area contributed by atoms with Gasteiger partial charge in [0.05, 0.1) is 12.2 Å². The Labute approximate surface area is 167 Å². The molecule has 0 aliphatic carbocycles. The summed E-state index contributed by atoms with van der Waals surface area (Å²) in [5, 5.41) is 4.26. The predicted octanol–water partition coefficient (Wildman–Crippen LogP) is 3.45. The number of nitrogens with zero attached hydrogens (tertiary/aromatic N) is 5. The van der Waals surface area contributed by atoms with Gasteiger partial charge < -0.3 is 9.80 Å². The van der Waals surface area contributed by atoms with E-state index in [4.69, 9.17) is 4.98 Å². The Kier molecular flexibility index (Phi) is 5.00. The highest BCUT2D eigenvalue weighted by atomic mass is 19.1. The van der Waals surface area contributed by atoms with Gasteiger partial charge in [0.2, 0.25) is 5.91 Å². The Balaban J connectivity index is 1.69. The highest BCUT2D eigenvalue weighted by molar-refractivity contribution is 5.92. The minimum absolute atomic E-state index is 0.137. The van der Waals surface area contributed by atoms with Gasteiger partial charge in [-0.15, -0.1) is 0 Å². The molecule has 1 unspecified atom stereocenters. The summed E-state index contributed by atoms with van der Waals surface area (Å²) in [6.07, 6.45) is 8.13. The van der Waals surface area contributed by atoms with Gasteiger partial charge in [0.15, 0.2) is 5.65 Å². The van der Waals surface area contributed by atoms with Crippen molar-refractivity contribution in [2.24, 2.45) is 0 Å². The van der Waals surface area contributed by atoms with Crippen LogP contribution < -0.4 is 4.90 Å². The molecule has 1 atom stereocenters. The summed E-state index contributed by atoms with van der Waals surface area (Å²) in [4.78, 5) is 20.0. The minimum Gasteiger partial charge on any atom is -0.349 e. The van der Waals surface area contributed by atoms with Crippen LogP contribution in [0.4, 0.5) is 14.6 Å². The van der Waals surface area contributed by atoms with E-state index in [0.29, 0.717) is 29.1 Å². The monoisotopic (exact) mass is 397 g/mol. The van der Waals surface area contributed by atoms with Gasteiger partial charge in [-0.05, 0) is 43.2 Å². The zero-order chi connectivity index (χ0) is 20.5. The lowest BCUT2D eigenvalue weighted by Gasteiger charge is -2.26. The molecule has 1 amide bonds. The van der Waals surface area contributed by atoms with E-state index in [2.05, 4.69) is 5.10 Å². The molecule has 3 aromatic rings. The average Bonchev–Trinajstić information content (AvgIpc) is 3.34. The first-order chi connectivity index (χ1) is 13.9. The summed E-state index contributed by atoms with van der Waals surface area (Å²) < 4.78 is 29.7. The third-order valence-corrected chi connectivity index (χ3v) is 5.09. The Morgan fingerprint density at radius 1 is 1.28 bits per heavy atom. The molecule has 4 rings (SSSR count). The molecule has 1 aliphatic rings.